The molecule has 0 amide bonds. The minimum absolute atomic E-state index is 0.0934. The number of nitrogen functional groups attached to an aromatic ring is 1. The molecule has 16 heteroatoms. The number of hydrogen-bond donors (Lipinski definition) is 4. The number of esters is 1. The zero-order valence-corrected chi connectivity index (χ0v) is 22.7. The second kappa shape index (κ2) is 11.7. The first kappa shape index (κ1) is 29.2. The molecular weight excluding hydrogens is 548 g/mol. The Bertz CT molecular complexity index is 1450. The summed E-state index contributed by atoms with van der Waals surface area (Å²) < 4.78 is 52.8. The average molecular weight is 578 g/mol. The van der Waals surface area contributed by atoms with Crippen molar-refractivity contribution in [3.63, 3.8) is 0 Å². The Balaban J connectivity index is 1.60. The van der Waals surface area contributed by atoms with Crippen molar-refractivity contribution < 1.29 is 37.4 Å². The molecule has 5 N–H and O–H groups in total. The van der Waals surface area contributed by atoms with Gasteiger partial charge in [-0.25, -0.2) is 13.9 Å². The number of terminal acetylenes is 1. The minimum atomic E-state index is -4.32. The van der Waals surface area contributed by atoms with E-state index in [2.05, 4.69) is 25.4 Å². The van der Waals surface area contributed by atoms with Gasteiger partial charge in [0.05, 0.1) is 19.5 Å². The van der Waals surface area contributed by atoms with Crippen LogP contribution in [0.5, 0.6) is 5.75 Å². The first-order chi connectivity index (χ1) is 19.0. The van der Waals surface area contributed by atoms with Crippen LogP contribution in [0.3, 0.4) is 0 Å². The number of nitrogens with one attached hydrogen (secondary N) is 2. The Morgan fingerprint density at radius 3 is 2.77 bits per heavy atom. The van der Waals surface area contributed by atoms with Crippen LogP contribution in [0.15, 0.2) is 36.7 Å². The van der Waals surface area contributed by atoms with Gasteiger partial charge >= 0.3 is 13.7 Å². The molecule has 0 spiro atoms. The summed E-state index contributed by atoms with van der Waals surface area (Å²) in [5.74, 6) is 1.57. The number of hydrogen-bond acceptors (Lipinski definition) is 12. The van der Waals surface area contributed by atoms with Gasteiger partial charge in [-0.1, -0.05) is 24.1 Å². The summed E-state index contributed by atoms with van der Waals surface area (Å²) in [5.41, 5.74) is 3.36. The molecule has 0 bridgehead atoms. The Kier molecular flexibility index (Phi) is 8.57. The molecule has 0 aliphatic carbocycles. The van der Waals surface area contributed by atoms with E-state index in [1.54, 1.807) is 32.2 Å². The maximum atomic E-state index is 16.1. The minimum Gasteiger partial charge on any atom is -0.465 e. The smallest absolute Gasteiger partial charge is 0.459 e. The molecule has 1 unspecified atom stereocenters. The van der Waals surface area contributed by atoms with Gasteiger partial charge in [-0.15, -0.1) is 6.42 Å². The van der Waals surface area contributed by atoms with E-state index in [1.165, 1.54) is 30.0 Å². The molecule has 4 rings (SSSR count). The number of benzene rings is 1. The topological polar surface area (TPSA) is 185 Å². The van der Waals surface area contributed by atoms with E-state index in [-0.39, 0.29) is 35.3 Å². The number of alkyl halides is 1. The molecule has 1 aliphatic rings. The molecule has 1 aromatic carbocycles. The predicted molar refractivity (Wildman–Crippen MR) is 142 cm³/mol. The van der Waals surface area contributed by atoms with Crippen molar-refractivity contribution in [1.29, 1.82) is 0 Å². The number of para-hydroxylation sites is 1. The molecular formula is C24H29FN7O7P. The lowest BCUT2D eigenvalue weighted by Crippen LogP contribution is -2.42. The Hall–Kier alpha value is -3.80. The zero-order chi connectivity index (χ0) is 29.1. The van der Waals surface area contributed by atoms with Gasteiger partial charge in [-0.2, -0.15) is 15.1 Å². The highest BCUT2D eigenvalue weighted by Crippen LogP contribution is 2.48. The number of imidazole rings is 1. The quantitative estimate of drug-likeness (QED) is 0.147. The summed E-state index contributed by atoms with van der Waals surface area (Å²) in [6, 6.07) is 6.93. The third kappa shape index (κ3) is 5.72. The molecule has 3 heterocycles. The molecule has 1 saturated heterocycles. The predicted octanol–water partition coefficient (Wildman–Crippen LogP) is 1.79. The number of nitrogens with two attached hydrogens (primary N) is 1. The van der Waals surface area contributed by atoms with Gasteiger partial charge in [0.25, 0.3) is 0 Å². The average Bonchev–Trinajstić information content (AvgIpc) is 3.46. The number of nitrogens with zero attached hydrogens (tertiary/aromatic N) is 4. The van der Waals surface area contributed by atoms with Crippen molar-refractivity contribution in [2.24, 2.45) is 0 Å². The van der Waals surface area contributed by atoms with Crippen LogP contribution in [-0.4, -0.2) is 74.8 Å². The molecule has 214 valence electrons. The standard InChI is InChI=1S/C24H29FN7O7P/c1-5-24(25)18(33)16(38-22(24)32-13-28-17-19(27-4)29-23(26)30-20(17)32)12-37-40(35,31-14(3)21(34)36-6-2)39-15-10-8-7-9-11-15/h1,7-11,13-14,16,18,22,33H,6,12H2,2-4H3,(H,31,35)(H3,26,27,29,30)/t14?,16-,18-,22-,24-,40-/m1/s1. The summed E-state index contributed by atoms with van der Waals surface area (Å²) in [7, 11) is -2.73. The first-order valence-corrected chi connectivity index (χ1v) is 13.7. The van der Waals surface area contributed by atoms with Crippen LogP contribution < -0.4 is 20.7 Å². The number of fused-ring (bicyclic) bond motifs is 1. The molecule has 3 aromatic rings. The van der Waals surface area contributed by atoms with E-state index in [9.17, 15) is 14.5 Å². The molecule has 40 heavy (non-hydrogen) atoms. The highest BCUT2D eigenvalue weighted by atomic mass is 31.2. The maximum absolute atomic E-state index is 16.1. The number of carbonyl (C=O) groups excluding carboxylic acids is 1. The molecule has 2 aromatic heterocycles. The highest BCUT2D eigenvalue weighted by Gasteiger charge is 2.58. The molecule has 14 nitrogen and oxygen atoms in total. The lowest BCUT2D eigenvalue weighted by atomic mass is 9.97. The van der Waals surface area contributed by atoms with Gasteiger partial charge in [-0.3, -0.25) is 13.9 Å². The number of halogens is 1. The third-order valence-corrected chi connectivity index (χ3v) is 7.61. The Morgan fingerprint density at radius 2 is 2.12 bits per heavy atom. The van der Waals surface area contributed by atoms with Crippen LogP contribution in [0.4, 0.5) is 16.2 Å². The van der Waals surface area contributed by atoms with Gasteiger partial charge in [0.15, 0.2) is 23.2 Å². The normalized spacial score (nSPS) is 24.6. The fourth-order valence-corrected chi connectivity index (χ4v) is 5.53. The fraction of sp³-hybridized carbons (Fsp3) is 0.417. The van der Waals surface area contributed by atoms with Crippen molar-refractivity contribution >= 4 is 36.6 Å². The summed E-state index contributed by atoms with van der Waals surface area (Å²) >= 11 is 0. The van der Waals surface area contributed by atoms with Crippen LogP contribution >= 0.6 is 7.75 Å². The van der Waals surface area contributed by atoms with Gasteiger partial charge in [0.1, 0.15) is 24.0 Å². The lowest BCUT2D eigenvalue weighted by molar-refractivity contribution is -0.144. The van der Waals surface area contributed by atoms with Crippen LogP contribution in [-0.2, 0) is 23.4 Å². The van der Waals surface area contributed by atoms with Crippen LogP contribution in [0, 0.1) is 12.3 Å². The molecule has 1 fully saturated rings. The number of rotatable bonds is 11. The Morgan fingerprint density at radius 1 is 1.40 bits per heavy atom. The van der Waals surface area contributed by atoms with E-state index in [4.69, 9.17) is 30.7 Å². The van der Waals surface area contributed by atoms with Crippen LogP contribution in [0.25, 0.3) is 11.2 Å². The summed E-state index contributed by atoms with van der Waals surface area (Å²) in [6.45, 7) is 2.47. The van der Waals surface area contributed by atoms with E-state index in [1.807, 2.05) is 5.92 Å². The van der Waals surface area contributed by atoms with E-state index in [0.29, 0.717) is 0 Å². The summed E-state index contributed by atoms with van der Waals surface area (Å²) in [6.07, 6.45) is 1.74. The van der Waals surface area contributed by atoms with Crippen molar-refractivity contribution in [3.05, 3.63) is 36.7 Å². The van der Waals surface area contributed by atoms with Crippen molar-refractivity contribution in [2.75, 3.05) is 31.3 Å². The zero-order valence-electron chi connectivity index (χ0n) is 21.9. The highest BCUT2D eigenvalue weighted by molar-refractivity contribution is 7.52. The number of carbonyl (C=O) groups is 1. The molecule has 0 radical (unpaired) electrons. The van der Waals surface area contributed by atoms with Crippen molar-refractivity contribution in [3.8, 4) is 18.1 Å². The monoisotopic (exact) mass is 577 g/mol. The second-order valence-electron chi connectivity index (χ2n) is 8.69. The van der Waals surface area contributed by atoms with Gasteiger partial charge in [-0.05, 0) is 26.0 Å². The first-order valence-electron chi connectivity index (χ1n) is 12.2. The summed E-state index contributed by atoms with van der Waals surface area (Å²) in [5, 5.41) is 16.2. The van der Waals surface area contributed by atoms with Gasteiger partial charge < -0.3 is 30.2 Å². The van der Waals surface area contributed by atoms with E-state index in [0.717, 1.165) is 0 Å². The van der Waals surface area contributed by atoms with Crippen molar-refractivity contribution in [2.45, 2.75) is 44.0 Å². The van der Waals surface area contributed by atoms with Crippen LogP contribution in [0.1, 0.15) is 20.1 Å². The Labute approximate surface area is 229 Å². The maximum Gasteiger partial charge on any atom is 0.459 e. The SMILES string of the molecule is C#C[C@@]1(F)[C@H](O)[C@@H](CO[P@](=O)(NC(C)C(=O)OCC)Oc2ccccc2)O[C@H]1n1cnc2c(NC)nc(N)nc21. The largest absolute Gasteiger partial charge is 0.465 e. The fourth-order valence-electron chi connectivity index (χ4n) is 4.03. The number of aliphatic hydroxyl groups excluding tert-OH is 1. The number of ether oxygens (including phenoxy) is 2. The van der Waals surface area contributed by atoms with E-state index >= 15 is 4.39 Å². The van der Waals surface area contributed by atoms with Crippen LogP contribution in [0.2, 0.25) is 0 Å². The molecule has 6 atom stereocenters. The number of aromatic nitrogens is 4. The van der Waals surface area contributed by atoms with Crippen molar-refractivity contribution in [1.82, 2.24) is 24.6 Å². The second-order valence-corrected chi connectivity index (χ2v) is 10.4. The van der Waals surface area contributed by atoms with Gasteiger partial charge in [0, 0.05) is 7.05 Å². The number of anilines is 2. The van der Waals surface area contributed by atoms with Gasteiger partial charge in [0.2, 0.25) is 11.6 Å². The summed E-state index contributed by atoms with van der Waals surface area (Å²) in [4.78, 5) is 24.5. The number of aliphatic hydroxyl groups is 1. The lowest BCUT2D eigenvalue weighted by Gasteiger charge is -2.25. The molecule has 0 saturated carbocycles. The van der Waals surface area contributed by atoms with E-state index < -0.39 is 50.5 Å². The molecule has 1 aliphatic heterocycles. The third-order valence-electron chi connectivity index (χ3n) is 5.96.